The summed E-state index contributed by atoms with van der Waals surface area (Å²) in [5.41, 5.74) is 0. The molecular formula is C83H150O17P2. The molecule has 0 spiro atoms. The lowest BCUT2D eigenvalue weighted by molar-refractivity contribution is -0.161. The van der Waals surface area contributed by atoms with Gasteiger partial charge in [-0.3, -0.25) is 37.3 Å². The second kappa shape index (κ2) is 75.7. The number of phosphoric acid groups is 2. The molecule has 17 nitrogen and oxygen atoms in total. The van der Waals surface area contributed by atoms with Crippen molar-refractivity contribution in [1.29, 1.82) is 0 Å². The third-order valence-electron chi connectivity index (χ3n) is 17.7. The smallest absolute Gasteiger partial charge is 0.462 e. The number of allylic oxidation sites excluding steroid dienone is 12. The van der Waals surface area contributed by atoms with Gasteiger partial charge in [-0.1, -0.05) is 306 Å². The fourth-order valence-corrected chi connectivity index (χ4v) is 13.0. The molecule has 102 heavy (non-hydrogen) atoms. The third-order valence-corrected chi connectivity index (χ3v) is 19.6. The molecule has 0 saturated heterocycles. The van der Waals surface area contributed by atoms with Crippen molar-refractivity contribution >= 4 is 39.5 Å². The molecule has 19 heteroatoms. The molecule has 594 valence electrons. The van der Waals surface area contributed by atoms with E-state index >= 15 is 0 Å². The van der Waals surface area contributed by atoms with E-state index in [2.05, 4.69) is 101 Å². The minimum atomic E-state index is -4.98. The van der Waals surface area contributed by atoms with E-state index in [1.54, 1.807) is 0 Å². The summed E-state index contributed by atoms with van der Waals surface area (Å²) in [6, 6.07) is 0. The molecule has 5 atom stereocenters. The summed E-state index contributed by atoms with van der Waals surface area (Å²) in [5, 5.41) is 10.6. The second-order valence-corrected chi connectivity index (χ2v) is 30.6. The number of aliphatic hydroxyl groups is 1. The fourth-order valence-electron chi connectivity index (χ4n) is 11.4. The van der Waals surface area contributed by atoms with Crippen molar-refractivity contribution < 1.29 is 80.2 Å². The Morgan fingerprint density at radius 2 is 0.510 bits per heavy atom. The molecule has 0 saturated carbocycles. The fraction of sp³-hybridized carbons (Fsp3) is 0.807. The van der Waals surface area contributed by atoms with Crippen molar-refractivity contribution in [3.8, 4) is 0 Å². The molecule has 0 aromatic rings. The predicted molar refractivity (Wildman–Crippen MR) is 418 cm³/mol. The van der Waals surface area contributed by atoms with Crippen LogP contribution in [-0.2, 0) is 65.4 Å². The van der Waals surface area contributed by atoms with Gasteiger partial charge in [0.25, 0.3) is 0 Å². The van der Waals surface area contributed by atoms with Gasteiger partial charge in [-0.05, 0) is 116 Å². The number of unbranched alkanes of at least 4 members (excludes halogenated alkanes) is 40. The number of carbonyl (C=O) groups excluding carboxylic acids is 4. The Bertz CT molecular complexity index is 2210. The molecule has 0 aliphatic carbocycles. The Hall–Kier alpha value is -3.50. The largest absolute Gasteiger partial charge is 0.472 e. The van der Waals surface area contributed by atoms with Gasteiger partial charge in [0.05, 0.1) is 26.4 Å². The Morgan fingerprint density at radius 3 is 0.804 bits per heavy atom. The summed E-state index contributed by atoms with van der Waals surface area (Å²) in [6.45, 7) is 4.79. The maximum absolute atomic E-state index is 13.1. The highest BCUT2D eigenvalue weighted by Gasteiger charge is 2.30. The number of phosphoric ester groups is 2. The van der Waals surface area contributed by atoms with E-state index in [4.69, 9.17) is 37.0 Å². The second-order valence-electron chi connectivity index (χ2n) is 27.7. The molecule has 0 aliphatic rings. The molecule has 0 radical (unpaired) electrons. The minimum absolute atomic E-state index is 0.0839. The van der Waals surface area contributed by atoms with Crippen LogP contribution >= 0.6 is 15.6 Å². The van der Waals surface area contributed by atoms with E-state index in [0.717, 1.165) is 167 Å². The number of hydrogen-bond donors (Lipinski definition) is 3. The van der Waals surface area contributed by atoms with E-state index < -0.39 is 97.5 Å². The van der Waals surface area contributed by atoms with Crippen LogP contribution in [0.4, 0.5) is 0 Å². The topological polar surface area (TPSA) is 237 Å². The van der Waals surface area contributed by atoms with Crippen LogP contribution in [0.15, 0.2) is 72.9 Å². The van der Waals surface area contributed by atoms with E-state index in [1.165, 1.54) is 128 Å². The van der Waals surface area contributed by atoms with Crippen molar-refractivity contribution in [3.05, 3.63) is 72.9 Å². The number of ether oxygens (including phenoxy) is 4. The quantitative estimate of drug-likeness (QED) is 0.0169. The van der Waals surface area contributed by atoms with E-state index in [1.807, 2.05) is 0 Å². The molecule has 0 aromatic heterocycles. The average Bonchev–Trinajstić information content (AvgIpc) is 0.908. The Labute approximate surface area is 622 Å². The maximum Gasteiger partial charge on any atom is 0.472 e. The Morgan fingerprint density at radius 1 is 0.284 bits per heavy atom. The van der Waals surface area contributed by atoms with Gasteiger partial charge in [-0.2, -0.15) is 0 Å². The summed E-state index contributed by atoms with van der Waals surface area (Å²) >= 11 is 0. The number of esters is 4. The van der Waals surface area contributed by atoms with Gasteiger partial charge in [0.1, 0.15) is 19.3 Å². The van der Waals surface area contributed by atoms with Crippen molar-refractivity contribution in [1.82, 2.24) is 0 Å². The van der Waals surface area contributed by atoms with Crippen molar-refractivity contribution in [3.63, 3.8) is 0 Å². The van der Waals surface area contributed by atoms with Gasteiger partial charge in [0.2, 0.25) is 0 Å². The van der Waals surface area contributed by atoms with Gasteiger partial charge >= 0.3 is 39.5 Å². The van der Waals surface area contributed by atoms with Crippen molar-refractivity contribution in [2.45, 2.75) is 393 Å². The molecule has 3 N–H and O–H groups in total. The highest BCUT2D eigenvalue weighted by Crippen LogP contribution is 2.45. The highest BCUT2D eigenvalue weighted by atomic mass is 31.2. The van der Waals surface area contributed by atoms with E-state index in [-0.39, 0.29) is 25.7 Å². The zero-order valence-electron chi connectivity index (χ0n) is 65.0. The van der Waals surface area contributed by atoms with Gasteiger partial charge in [-0.15, -0.1) is 0 Å². The zero-order chi connectivity index (χ0) is 74.6. The summed E-state index contributed by atoms with van der Waals surface area (Å²) in [7, 11) is -9.95. The number of aliphatic hydroxyl groups excluding tert-OH is 1. The summed E-state index contributed by atoms with van der Waals surface area (Å²) < 4.78 is 68.7. The van der Waals surface area contributed by atoms with Gasteiger partial charge in [-0.25, -0.2) is 9.13 Å². The van der Waals surface area contributed by atoms with Gasteiger partial charge in [0.15, 0.2) is 12.2 Å². The normalized spacial score (nSPS) is 14.2. The summed E-state index contributed by atoms with van der Waals surface area (Å²) in [6.07, 6.45) is 77.2. The van der Waals surface area contributed by atoms with Crippen LogP contribution in [0.1, 0.15) is 374 Å². The van der Waals surface area contributed by atoms with Crippen molar-refractivity contribution in [2.24, 2.45) is 0 Å². The lowest BCUT2D eigenvalue weighted by atomic mass is 10.0. The summed E-state index contributed by atoms with van der Waals surface area (Å²) in [4.78, 5) is 73.1. The molecule has 0 amide bonds. The first-order valence-electron chi connectivity index (χ1n) is 41.2. The molecule has 0 rings (SSSR count). The van der Waals surface area contributed by atoms with Crippen LogP contribution in [0.3, 0.4) is 0 Å². The van der Waals surface area contributed by atoms with Crippen LogP contribution in [0.25, 0.3) is 0 Å². The molecule has 0 aliphatic heterocycles. The van der Waals surface area contributed by atoms with Crippen LogP contribution in [0.5, 0.6) is 0 Å². The van der Waals surface area contributed by atoms with Crippen LogP contribution in [0.2, 0.25) is 0 Å². The monoisotopic (exact) mass is 1480 g/mol. The highest BCUT2D eigenvalue weighted by molar-refractivity contribution is 7.47. The van der Waals surface area contributed by atoms with Crippen LogP contribution in [0, 0.1) is 0 Å². The first-order chi connectivity index (χ1) is 49.7. The number of carbonyl (C=O) groups is 4. The Balaban J connectivity index is 5.33. The zero-order valence-corrected chi connectivity index (χ0v) is 66.8. The van der Waals surface area contributed by atoms with Gasteiger partial charge < -0.3 is 33.8 Å². The molecule has 0 fully saturated rings. The third kappa shape index (κ3) is 74.8. The van der Waals surface area contributed by atoms with E-state index in [0.29, 0.717) is 25.7 Å². The minimum Gasteiger partial charge on any atom is -0.462 e. The first kappa shape index (κ1) is 98.5. The van der Waals surface area contributed by atoms with Gasteiger partial charge in [0, 0.05) is 25.7 Å². The molecule has 0 bridgehead atoms. The predicted octanol–water partition coefficient (Wildman–Crippen LogP) is 24.0. The van der Waals surface area contributed by atoms with Crippen LogP contribution in [-0.4, -0.2) is 96.7 Å². The lowest BCUT2D eigenvalue weighted by Crippen LogP contribution is -2.30. The summed E-state index contributed by atoms with van der Waals surface area (Å²) in [5.74, 6) is -2.18. The molecule has 5 unspecified atom stereocenters. The standard InChI is InChI=1S/C83H150O17P2/c1-5-9-13-17-21-25-29-33-36-37-38-39-42-45-48-52-56-60-64-68-81(86)94-73-78(99-82(87)69-65-61-57-53-49-43-32-28-24-20-16-12-8-4)75-97-101(89,90)95-71-77(84)72-96-102(91,92)98-76-79(100-83(88)70-66-62-58-54-50-46-41-35-31-27-23-19-15-11-7-3)74-93-80(85)67-63-59-55-51-47-44-40-34-30-26-22-18-14-10-6-2/h9,13,21,25,28,32-34,36,38-40,77-79,84H,5-8,10-12,14-20,22-24,26-27,29-31,35,37,41-76H2,1-4H3,(H,89,90)(H,91,92)/b13-9-,25-21-,32-28-,36-33-,39-38-,40-34-. The average molecular weight is 1480 g/mol. The lowest BCUT2D eigenvalue weighted by Gasteiger charge is -2.21. The van der Waals surface area contributed by atoms with Crippen LogP contribution < -0.4 is 0 Å². The Kier molecular flexibility index (Phi) is 73.1. The SMILES string of the molecule is CC/C=C\C/C=C\C/C=C\C/C=C\CCCCCCCCC(=O)OCC(COP(=O)(O)OCC(O)COP(=O)(O)OCC(COC(=O)CCCCCCC/C=C\CCCCCCCC)OC(=O)CCCCCCCCCCCCCCCCC)OC(=O)CCCCCCC/C=C\CCCCCC. The van der Waals surface area contributed by atoms with E-state index in [9.17, 15) is 43.2 Å². The molecule has 0 aromatic carbocycles. The number of rotatable bonds is 78. The molecule has 0 heterocycles. The maximum atomic E-state index is 13.1. The first-order valence-corrected chi connectivity index (χ1v) is 44.2. The van der Waals surface area contributed by atoms with Crippen molar-refractivity contribution in [2.75, 3.05) is 39.6 Å². The molecular weight excluding hydrogens is 1330 g/mol. The number of hydrogen-bond acceptors (Lipinski definition) is 15.